The third kappa shape index (κ3) is 8.91. The van der Waals surface area contributed by atoms with Crippen molar-refractivity contribution in [3.63, 3.8) is 0 Å². The van der Waals surface area contributed by atoms with E-state index < -0.39 is 12.0 Å². The predicted molar refractivity (Wildman–Crippen MR) is 114 cm³/mol. The van der Waals surface area contributed by atoms with Gasteiger partial charge in [-0.3, -0.25) is 4.79 Å². The Morgan fingerprint density at radius 1 is 0.966 bits per heavy atom. The molecule has 0 aliphatic carbocycles. The lowest BCUT2D eigenvalue weighted by Gasteiger charge is -2.17. The molecular formula is C22H27NO5S. The zero-order valence-corrected chi connectivity index (χ0v) is 17.6. The molecule has 1 N–H and O–H groups in total. The Hall–Kier alpha value is -2.67. The highest BCUT2D eigenvalue weighted by atomic mass is 32.2. The molecule has 0 fully saturated rings. The minimum atomic E-state index is -0.714. The molecule has 1 atom stereocenters. The van der Waals surface area contributed by atoms with Crippen LogP contribution in [0.15, 0.2) is 54.6 Å². The molecule has 1 amide bonds. The largest absolute Gasteiger partial charge is 0.490 e. The van der Waals surface area contributed by atoms with Crippen molar-refractivity contribution in [3.8, 4) is 11.5 Å². The Morgan fingerprint density at radius 2 is 1.66 bits per heavy atom. The summed E-state index contributed by atoms with van der Waals surface area (Å²) in [6.45, 7) is 2.19. The van der Waals surface area contributed by atoms with Crippen molar-refractivity contribution >= 4 is 23.6 Å². The lowest BCUT2D eigenvalue weighted by atomic mass is 10.2. The fraction of sp³-hybridized carbons (Fsp3) is 0.364. The van der Waals surface area contributed by atoms with E-state index in [0.717, 1.165) is 17.1 Å². The van der Waals surface area contributed by atoms with Gasteiger partial charge < -0.3 is 19.5 Å². The summed E-state index contributed by atoms with van der Waals surface area (Å²) in [5.74, 6) is 1.20. The fourth-order valence-corrected chi connectivity index (χ4v) is 2.89. The van der Waals surface area contributed by atoms with Gasteiger partial charge in [0.1, 0.15) is 30.8 Å². The van der Waals surface area contributed by atoms with Crippen LogP contribution < -0.4 is 14.8 Å². The normalized spacial score (nSPS) is 11.4. The standard InChI is InChI=1S/C22H27NO5S/c1-17-8-10-19(11-9-17)26-13-14-27-22(25)20(12-15-29-2)23-21(24)16-28-18-6-4-3-5-7-18/h3-11,20H,12-16H2,1-2H3,(H,23,24)/t20-/m1/s1. The quantitative estimate of drug-likeness (QED) is 0.422. The Kier molecular flexibility index (Phi) is 9.92. The average Bonchev–Trinajstić information content (AvgIpc) is 2.74. The number of thioether (sulfide) groups is 1. The predicted octanol–water partition coefficient (Wildman–Crippen LogP) is 3.23. The van der Waals surface area contributed by atoms with Gasteiger partial charge in [-0.1, -0.05) is 35.9 Å². The van der Waals surface area contributed by atoms with Gasteiger partial charge in [-0.25, -0.2) is 4.79 Å². The first-order valence-electron chi connectivity index (χ1n) is 9.40. The molecule has 6 nitrogen and oxygen atoms in total. The molecule has 0 saturated heterocycles. The van der Waals surface area contributed by atoms with Crippen LogP contribution in [0.1, 0.15) is 12.0 Å². The molecule has 29 heavy (non-hydrogen) atoms. The molecule has 0 aliphatic heterocycles. The highest BCUT2D eigenvalue weighted by Crippen LogP contribution is 2.11. The van der Waals surface area contributed by atoms with Gasteiger partial charge in [0, 0.05) is 0 Å². The van der Waals surface area contributed by atoms with Crippen LogP contribution in [-0.4, -0.2) is 49.7 Å². The third-order valence-corrected chi connectivity index (χ3v) is 4.60. The summed E-state index contributed by atoms with van der Waals surface area (Å²) >= 11 is 1.60. The Balaban J connectivity index is 1.75. The zero-order valence-electron chi connectivity index (χ0n) is 16.8. The van der Waals surface area contributed by atoms with Crippen molar-refractivity contribution in [2.24, 2.45) is 0 Å². The fourth-order valence-electron chi connectivity index (χ4n) is 2.42. The monoisotopic (exact) mass is 417 g/mol. The number of carbonyl (C=O) groups excluding carboxylic acids is 2. The number of benzene rings is 2. The smallest absolute Gasteiger partial charge is 0.328 e. The van der Waals surface area contributed by atoms with Crippen molar-refractivity contribution in [2.45, 2.75) is 19.4 Å². The molecule has 0 bridgehead atoms. The van der Waals surface area contributed by atoms with E-state index in [0.29, 0.717) is 12.2 Å². The highest BCUT2D eigenvalue weighted by molar-refractivity contribution is 7.98. The molecule has 0 aliphatic rings. The Bertz CT molecular complexity index is 752. The molecule has 0 aromatic heterocycles. The highest BCUT2D eigenvalue weighted by Gasteiger charge is 2.22. The van der Waals surface area contributed by atoms with Crippen LogP contribution in [0.3, 0.4) is 0 Å². The number of ether oxygens (including phenoxy) is 3. The van der Waals surface area contributed by atoms with Crippen molar-refractivity contribution < 1.29 is 23.8 Å². The van der Waals surface area contributed by atoms with E-state index in [4.69, 9.17) is 14.2 Å². The Labute approximate surface area is 175 Å². The van der Waals surface area contributed by atoms with Crippen LogP contribution >= 0.6 is 11.8 Å². The van der Waals surface area contributed by atoms with Crippen LogP contribution in [0, 0.1) is 6.92 Å². The summed E-state index contributed by atoms with van der Waals surface area (Å²) in [6.07, 6.45) is 2.42. The van der Waals surface area contributed by atoms with Gasteiger partial charge in [-0.15, -0.1) is 0 Å². The second-order valence-corrected chi connectivity index (χ2v) is 7.32. The first kappa shape index (κ1) is 22.6. The summed E-state index contributed by atoms with van der Waals surface area (Å²) in [5.41, 5.74) is 1.15. The van der Waals surface area contributed by atoms with E-state index in [1.165, 1.54) is 0 Å². The maximum atomic E-state index is 12.4. The van der Waals surface area contributed by atoms with Crippen LogP contribution in [0.4, 0.5) is 0 Å². The van der Waals surface area contributed by atoms with Crippen molar-refractivity contribution in [2.75, 3.05) is 31.8 Å². The summed E-state index contributed by atoms with van der Waals surface area (Å²) < 4.78 is 16.3. The first-order chi connectivity index (χ1) is 14.1. The topological polar surface area (TPSA) is 73.9 Å². The average molecular weight is 418 g/mol. The maximum Gasteiger partial charge on any atom is 0.328 e. The van der Waals surface area contributed by atoms with E-state index in [1.54, 1.807) is 23.9 Å². The summed E-state index contributed by atoms with van der Waals surface area (Å²) in [7, 11) is 0. The maximum absolute atomic E-state index is 12.4. The number of esters is 1. The number of aryl methyl sites for hydroxylation is 1. The van der Waals surface area contributed by atoms with E-state index >= 15 is 0 Å². The number of nitrogens with one attached hydrogen (secondary N) is 1. The van der Waals surface area contributed by atoms with Crippen LogP contribution in [0.2, 0.25) is 0 Å². The SMILES string of the molecule is CSCC[C@@H](NC(=O)COc1ccccc1)C(=O)OCCOc1ccc(C)cc1. The lowest BCUT2D eigenvalue weighted by molar-refractivity contribution is -0.148. The van der Waals surface area contributed by atoms with Crippen molar-refractivity contribution in [1.29, 1.82) is 0 Å². The number of para-hydroxylation sites is 1. The molecule has 0 radical (unpaired) electrons. The van der Waals surface area contributed by atoms with Gasteiger partial charge in [0.25, 0.3) is 5.91 Å². The molecule has 2 rings (SSSR count). The van der Waals surface area contributed by atoms with Gasteiger partial charge in [0.15, 0.2) is 6.61 Å². The van der Waals surface area contributed by atoms with E-state index in [9.17, 15) is 9.59 Å². The summed E-state index contributed by atoms with van der Waals surface area (Å²) in [4.78, 5) is 24.5. The molecule has 7 heteroatoms. The van der Waals surface area contributed by atoms with Crippen molar-refractivity contribution in [1.82, 2.24) is 5.32 Å². The van der Waals surface area contributed by atoms with Gasteiger partial charge in [0.05, 0.1) is 0 Å². The lowest BCUT2D eigenvalue weighted by Crippen LogP contribution is -2.44. The van der Waals surface area contributed by atoms with Crippen LogP contribution in [0.5, 0.6) is 11.5 Å². The first-order valence-corrected chi connectivity index (χ1v) is 10.8. The van der Waals surface area contributed by atoms with Gasteiger partial charge in [-0.2, -0.15) is 11.8 Å². The molecule has 0 unspecified atom stereocenters. The minimum absolute atomic E-state index is 0.110. The van der Waals surface area contributed by atoms with Crippen LogP contribution in [-0.2, 0) is 14.3 Å². The summed E-state index contributed by atoms with van der Waals surface area (Å²) in [6, 6.07) is 16.0. The number of hydrogen-bond donors (Lipinski definition) is 1. The second-order valence-electron chi connectivity index (χ2n) is 6.33. The summed E-state index contributed by atoms with van der Waals surface area (Å²) in [5, 5.41) is 2.69. The van der Waals surface area contributed by atoms with Crippen LogP contribution in [0.25, 0.3) is 0 Å². The number of amides is 1. The van der Waals surface area contributed by atoms with Gasteiger partial charge >= 0.3 is 5.97 Å². The molecule has 2 aromatic carbocycles. The number of carbonyl (C=O) groups is 2. The van der Waals surface area contributed by atoms with Crippen molar-refractivity contribution in [3.05, 3.63) is 60.2 Å². The molecule has 0 heterocycles. The molecule has 0 spiro atoms. The molecule has 156 valence electrons. The third-order valence-electron chi connectivity index (χ3n) is 3.96. The second kappa shape index (κ2) is 12.7. The molecule has 0 saturated carbocycles. The molecular weight excluding hydrogens is 390 g/mol. The minimum Gasteiger partial charge on any atom is -0.490 e. The van der Waals surface area contributed by atoms with E-state index in [1.807, 2.05) is 55.6 Å². The Morgan fingerprint density at radius 3 is 2.34 bits per heavy atom. The number of rotatable bonds is 12. The van der Waals surface area contributed by atoms with E-state index in [-0.39, 0.29) is 25.7 Å². The zero-order chi connectivity index (χ0) is 20.9. The molecule has 2 aromatic rings. The van der Waals surface area contributed by atoms with E-state index in [2.05, 4.69) is 5.32 Å². The van der Waals surface area contributed by atoms with Gasteiger partial charge in [-0.05, 0) is 49.6 Å². The van der Waals surface area contributed by atoms with Gasteiger partial charge in [0.2, 0.25) is 0 Å². The number of hydrogen-bond acceptors (Lipinski definition) is 6.